The van der Waals surface area contributed by atoms with Gasteiger partial charge in [-0.1, -0.05) is 18.2 Å². The van der Waals surface area contributed by atoms with E-state index in [1.807, 2.05) is 40.5 Å². The van der Waals surface area contributed by atoms with Crippen LogP contribution in [0.1, 0.15) is 30.1 Å². The van der Waals surface area contributed by atoms with E-state index in [1.54, 1.807) is 29.3 Å². The molecule has 2 aliphatic heterocycles. The first kappa shape index (κ1) is 25.6. The molecule has 0 unspecified atom stereocenters. The number of anilines is 1. The number of aromatic amines is 1. The van der Waals surface area contributed by atoms with Crippen molar-refractivity contribution in [3.8, 4) is 0 Å². The fraction of sp³-hybridized carbons (Fsp3) is 0.385. The molecule has 2 aliphatic rings. The van der Waals surface area contributed by atoms with Gasteiger partial charge in [0.25, 0.3) is 11.8 Å². The first-order valence-corrected chi connectivity index (χ1v) is 12.3. The van der Waals surface area contributed by atoms with E-state index >= 15 is 0 Å². The fourth-order valence-electron chi connectivity index (χ4n) is 5.27. The molecule has 0 bridgehead atoms. The summed E-state index contributed by atoms with van der Waals surface area (Å²) in [6.45, 7) is 0.623. The van der Waals surface area contributed by atoms with Crippen molar-refractivity contribution in [2.75, 3.05) is 31.2 Å². The summed E-state index contributed by atoms with van der Waals surface area (Å²) in [6, 6.07) is 13.4. The summed E-state index contributed by atoms with van der Waals surface area (Å²) in [4.78, 5) is 44.6. The van der Waals surface area contributed by atoms with E-state index in [9.17, 15) is 27.6 Å². The molecule has 200 valence electrons. The van der Waals surface area contributed by atoms with Crippen LogP contribution in [0, 0.1) is 0 Å². The summed E-state index contributed by atoms with van der Waals surface area (Å²) in [5, 5.41) is 9.54. The van der Waals surface area contributed by atoms with E-state index < -0.39 is 30.2 Å². The number of nitrogens with zero attached hydrogens (tertiary/aromatic N) is 4. The molecule has 3 heterocycles. The maximum absolute atomic E-state index is 13.8. The third-order valence-corrected chi connectivity index (χ3v) is 7.41. The Balaban J connectivity index is 1.36. The number of aromatic nitrogens is 2. The van der Waals surface area contributed by atoms with Crippen LogP contribution in [0.2, 0.25) is 0 Å². The molecule has 38 heavy (non-hydrogen) atoms. The van der Waals surface area contributed by atoms with Crippen LogP contribution in [0.25, 0.3) is 10.9 Å². The number of likely N-dealkylation sites (tertiary alicyclic amines) is 1. The number of alkyl halides is 3. The lowest BCUT2D eigenvalue weighted by Gasteiger charge is -2.43. The number of para-hydroxylation sites is 1. The molecule has 2 N–H and O–H groups in total. The summed E-state index contributed by atoms with van der Waals surface area (Å²) >= 11 is 0. The van der Waals surface area contributed by atoms with Gasteiger partial charge in [-0.3, -0.25) is 19.5 Å². The number of halogens is 3. The van der Waals surface area contributed by atoms with Crippen LogP contribution < -0.4 is 10.2 Å². The first-order valence-electron chi connectivity index (χ1n) is 12.3. The second-order valence-electron chi connectivity index (χ2n) is 9.68. The van der Waals surface area contributed by atoms with Gasteiger partial charge in [0.15, 0.2) is 0 Å². The second kappa shape index (κ2) is 9.66. The topological polar surface area (TPSA) is 102 Å². The highest BCUT2D eigenvalue weighted by Gasteiger charge is 2.55. The molecule has 9 nitrogen and oxygen atoms in total. The standard InChI is InChI=1S/C26H27F3N6O3/c1-17(22(36)30-15-26(27,28)29)34-16-35(20-5-3-2-4-6-20)25(24(34)38)9-11-33(12-10-25)23(37)18-7-8-21-19(13-18)14-31-32-21/h2-8,13-14,17H,9-12,15-16H2,1H3,(H,30,36)(H,31,32)/t17-/m1/s1. The molecule has 5 rings (SSSR count). The zero-order valence-electron chi connectivity index (χ0n) is 20.7. The Morgan fingerprint density at radius 3 is 2.53 bits per heavy atom. The number of benzene rings is 2. The van der Waals surface area contributed by atoms with Crippen LogP contribution in [-0.2, 0) is 9.59 Å². The number of rotatable bonds is 5. The Morgan fingerprint density at radius 1 is 1.13 bits per heavy atom. The van der Waals surface area contributed by atoms with E-state index in [4.69, 9.17) is 0 Å². The van der Waals surface area contributed by atoms with Crippen molar-refractivity contribution in [1.82, 2.24) is 25.3 Å². The van der Waals surface area contributed by atoms with E-state index in [-0.39, 0.29) is 18.5 Å². The number of piperidine rings is 1. The summed E-state index contributed by atoms with van der Waals surface area (Å²) in [7, 11) is 0. The molecular weight excluding hydrogens is 501 g/mol. The molecule has 1 aromatic heterocycles. The predicted molar refractivity (Wildman–Crippen MR) is 133 cm³/mol. The quantitative estimate of drug-likeness (QED) is 0.531. The lowest BCUT2D eigenvalue weighted by Crippen LogP contribution is -2.58. The lowest BCUT2D eigenvalue weighted by atomic mass is 9.85. The molecule has 3 aromatic rings. The highest BCUT2D eigenvalue weighted by Crippen LogP contribution is 2.40. The first-order chi connectivity index (χ1) is 18.1. The fourth-order valence-corrected chi connectivity index (χ4v) is 5.27. The van der Waals surface area contributed by atoms with Crippen LogP contribution in [0.3, 0.4) is 0 Å². The Kier molecular flexibility index (Phi) is 6.49. The van der Waals surface area contributed by atoms with Crippen molar-refractivity contribution in [1.29, 1.82) is 0 Å². The van der Waals surface area contributed by atoms with Crippen molar-refractivity contribution in [2.45, 2.75) is 37.5 Å². The number of fused-ring (bicyclic) bond motifs is 1. The molecule has 12 heteroatoms. The van der Waals surface area contributed by atoms with E-state index in [2.05, 4.69) is 10.2 Å². The Morgan fingerprint density at radius 2 is 1.84 bits per heavy atom. The third-order valence-electron chi connectivity index (χ3n) is 7.41. The molecule has 0 radical (unpaired) electrons. The van der Waals surface area contributed by atoms with Crippen molar-refractivity contribution >= 4 is 34.3 Å². The molecule has 0 saturated carbocycles. The predicted octanol–water partition coefficient (Wildman–Crippen LogP) is 2.91. The number of hydrogen-bond donors (Lipinski definition) is 2. The monoisotopic (exact) mass is 528 g/mol. The average molecular weight is 529 g/mol. The van der Waals surface area contributed by atoms with Gasteiger partial charge in [0.05, 0.1) is 18.4 Å². The normalized spacial score (nSPS) is 18.3. The molecule has 2 aromatic carbocycles. The molecule has 1 atom stereocenters. The number of hydrogen-bond acceptors (Lipinski definition) is 5. The Bertz CT molecular complexity index is 1350. The van der Waals surface area contributed by atoms with Gasteiger partial charge in [0.1, 0.15) is 18.1 Å². The lowest BCUT2D eigenvalue weighted by molar-refractivity contribution is -0.145. The third kappa shape index (κ3) is 4.66. The smallest absolute Gasteiger partial charge is 0.345 e. The summed E-state index contributed by atoms with van der Waals surface area (Å²) in [5.74, 6) is -1.36. The SMILES string of the molecule is C[C@H](C(=O)NCC(F)(F)F)N1CN(c2ccccc2)C2(CCN(C(=O)c3ccc4[nH]ncc4c3)CC2)C1=O. The highest BCUT2D eigenvalue weighted by molar-refractivity contribution is 5.99. The molecule has 2 saturated heterocycles. The molecule has 0 aliphatic carbocycles. The van der Waals surface area contributed by atoms with Crippen LogP contribution in [0.4, 0.5) is 18.9 Å². The summed E-state index contributed by atoms with van der Waals surface area (Å²) in [6.07, 6.45) is -2.28. The number of carbonyl (C=O) groups is 3. The number of H-pyrrole nitrogens is 1. The zero-order chi connectivity index (χ0) is 27.1. The van der Waals surface area contributed by atoms with Gasteiger partial charge in [-0.05, 0) is 50.1 Å². The van der Waals surface area contributed by atoms with Crippen molar-refractivity contribution < 1.29 is 27.6 Å². The minimum atomic E-state index is -4.55. The largest absolute Gasteiger partial charge is 0.405 e. The van der Waals surface area contributed by atoms with Crippen LogP contribution in [-0.4, -0.2) is 81.8 Å². The van der Waals surface area contributed by atoms with Crippen LogP contribution >= 0.6 is 0 Å². The summed E-state index contributed by atoms with van der Waals surface area (Å²) < 4.78 is 37.9. The van der Waals surface area contributed by atoms with Gasteiger partial charge >= 0.3 is 6.18 Å². The number of nitrogens with one attached hydrogen (secondary N) is 2. The Hall–Kier alpha value is -4.09. The van der Waals surface area contributed by atoms with Crippen molar-refractivity contribution in [3.63, 3.8) is 0 Å². The van der Waals surface area contributed by atoms with E-state index in [1.165, 1.54) is 11.8 Å². The minimum absolute atomic E-state index is 0.0502. The van der Waals surface area contributed by atoms with Gasteiger partial charge in [-0.2, -0.15) is 18.3 Å². The molecule has 2 fully saturated rings. The summed E-state index contributed by atoms with van der Waals surface area (Å²) in [5.41, 5.74) is 1.08. The number of carbonyl (C=O) groups excluding carboxylic acids is 3. The van der Waals surface area contributed by atoms with Crippen LogP contribution in [0.5, 0.6) is 0 Å². The molecular formula is C26H27F3N6O3. The van der Waals surface area contributed by atoms with E-state index in [0.29, 0.717) is 31.5 Å². The maximum Gasteiger partial charge on any atom is 0.405 e. The Labute approximate surface area is 216 Å². The second-order valence-corrected chi connectivity index (χ2v) is 9.68. The van der Waals surface area contributed by atoms with Gasteiger partial charge in [0.2, 0.25) is 5.91 Å². The average Bonchev–Trinajstić information content (AvgIpc) is 3.49. The van der Waals surface area contributed by atoms with Gasteiger partial charge in [0, 0.05) is 29.7 Å². The molecule has 1 spiro atoms. The zero-order valence-corrected chi connectivity index (χ0v) is 20.7. The maximum atomic E-state index is 13.8. The highest BCUT2D eigenvalue weighted by atomic mass is 19.4. The van der Waals surface area contributed by atoms with Gasteiger partial charge < -0.3 is 20.0 Å². The van der Waals surface area contributed by atoms with E-state index in [0.717, 1.165) is 16.6 Å². The van der Waals surface area contributed by atoms with Gasteiger partial charge in [-0.15, -0.1) is 0 Å². The van der Waals surface area contributed by atoms with Crippen molar-refractivity contribution in [2.24, 2.45) is 0 Å². The van der Waals surface area contributed by atoms with Gasteiger partial charge in [-0.25, -0.2) is 0 Å². The number of amides is 3. The van der Waals surface area contributed by atoms with Crippen LogP contribution in [0.15, 0.2) is 54.7 Å². The minimum Gasteiger partial charge on any atom is -0.345 e. The van der Waals surface area contributed by atoms with Crippen molar-refractivity contribution in [3.05, 3.63) is 60.3 Å². The molecule has 3 amide bonds.